The Labute approximate surface area is 107 Å². The van der Waals surface area contributed by atoms with Gasteiger partial charge in [0.05, 0.1) is 26.1 Å². The van der Waals surface area contributed by atoms with Gasteiger partial charge in [0.25, 0.3) is 0 Å². The van der Waals surface area contributed by atoms with Gasteiger partial charge in [0, 0.05) is 6.04 Å². The van der Waals surface area contributed by atoms with Gasteiger partial charge in [0.15, 0.2) is 0 Å². The zero-order valence-corrected chi connectivity index (χ0v) is 11.1. The first-order valence-corrected chi connectivity index (χ1v) is 6.21. The van der Waals surface area contributed by atoms with Gasteiger partial charge in [-0.15, -0.1) is 0 Å². The van der Waals surface area contributed by atoms with Gasteiger partial charge in [-0.25, -0.2) is 0 Å². The molecule has 0 radical (unpaired) electrons. The fourth-order valence-corrected chi connectivity index (χ4v) is 2.13. The van der Waals surface area contributed by atoms with E-state index < -0.39 is 12.0 Å². The van der Waals surface area contributed by atoms with Crippen molar-refractivity contribution in [3.8, 4) is 0 Å². The molecule has 0 aromatic carbocycles. The van der Waals surface area contributed by atoms with Crippen LogP contribution in [0, 0.1) is 0 Å². The molecule has 0 spiro atoms. The maximum atomic E-state index is 12.1. The molecule has 0 aliphatic carbocycles. The van der Waals surface area contributed by atoms with Crippen LogP contribution in [0.15, 0.2) is 0 Å². The highest BCUT2D eigenvalue weighted by Crippen LogP contribution is 2.19. The zero-order valence-electron chi connectivity index (χ0n) is 11.1. The van der Waals surface area contributed by atoms with Gasteiger partial charge in [-0.2, -0.15) is 0 Å². The summed E-state index contributed by atoms with van der Waals surface area (Å²) >= 11 is 0. The topological polar surface area (TPSA) is 75.7 Å². The van der Waals surface area contributed by atoms with Crippen LogP contribution in [0.2, 0.25) is 0 Å². The molecule has 1 rings (SSSR count). The van der Waals surface area contributed by atoms with E-state index in [0.717, 1.165) is 12.8 Å². The summed E-state index contributed by atoms with van der Waals surface area (Å²) in [4.78, 5) is 36.2. The minimum Gasteiger partial charge on any atom is -0.468 e. The smallest absolute Gasteiger partial charge is 0.319 e. The van der Waals surface area contributed by atoms with Crippen LogP contribution in [0.3, 0.4) is 0 Å². The van der Waals surface area contributed by atoms with Crippen molar-refractivity contribution >= 4 is 17.8 Å². The molecule has 1 fully saturated rings. The Hall–Kier alpha value is -1.43. The first-order chi connectivity index (χ1) is 8.54. The number of hydrogen-bond acceptors (Lipinski definition) is 5. The first-order valence-electron chi connectivity index (χ1n) is 6.21. The van der Waals surface area contributed by atoms with Crippen molar-refractivity contribution < 1.29 is 19.1 Å². The summed E-state index contributed by atoms with van der Waals surface area (Å²) < 4.78 is 4.48. The molecule has 102 valence electrons. The Balaban J connectivity index is 2.63. The Morgan fingerprint density at radius 1 is 1.44 bits per heavy atom. The molecular weight excluding hydrogens is 236 g/mol. The molecule has 1 atom stereocenters. The van der Waals surface area contributed by atoms with Crippen LogP contribution in [0.1, 0.15) is 33.1 Å². The van der Waals surface area contributed by atoms with Crippen molar-refractivity contribution in [1.29, 1.82) is 0 Å². The molecule has 1 saturated heterocycles. The third-order valence-electron chi connectivity index (χ3n) is 3.21. The molecule has 6 heteroatoms. The Bertz CT molecular complexity index is 339. The number of imide groups is 1. The summed E-state index contributed by atoms with van der Waals surface area (Å²) in [5, 5.41) is 2.76. The summed E-state index contributed by atoms with van der Waals surface area (Å²) in [6.07, 6.45) is 1.61. The van der Waals surface area contributed by atoms with E-state index in [-0.39, 0.29) is 30.8 Å². The van der Waals surface area contributed by atoms with E-state index in [1.165, 1.54) is 12.0 Å². The summed E-state index contributed by atoms with van der Waals surface area (Å²) in [6, 6.07) is -0.646. The number of rotatable bonds is 6. The predicted octanol–water partition coefficient (Wildman–Crippen LogP) is 0.0651. The summed E-state index contributed by atoms with van der Waals surface area (Å²) in [7, 11) is 1.28. The van der Waals surface area contributed by atoms with E-state index in [9.17, 15) is 14.4 Å². The molecular formula is C12H20N2O4. The molecule has 0 saturated carbocycles. The van der Waals surface area contributed by atoms with E-state index in [1.807, 2.05) is 13.8 Å². The third kappa shape index (κ3) is 3.07. The van der Waals surface area contributed by atoms with Crippen molar-refractivity contribution in [1.82, 2.24) is 10.2 Å². The van der Waals surface area contributed by atoms with Crippen molar-refractivity contribution in [2.75, 3.05) is 13.7 Å². The number of esters is 1. The second-order valence-corrected chi connectivity index (χ2v) is 4.29. The van der Waals surface area contributed by atoms with E-state index in [1.54, 1.807) is 0 Å². The quantitative estimate of drug-likeness (QED) is 0.537. The lowest BCUT2D eigenvalue weighted by atomic mass is 10.1. The van der Waals surface area contributed by atoms with Gasteiger partial charge in [-0.05, 0) is 12.8 Å². The van der Waals surface area contributed by atoms with Gasteiger partial charge in [-0.1, -0.05) is 13.8 Å². The fraction of sp³-hybridized carbons (Fsp3) is 0.750. The number of amides is 2. The molecule has 1 aliphatic rings. The minimum absolute atomic E-state index is 0.0464. The summed E-state index contributed by atoms with van der Waals surface area (Å²) in [6.45, 7) is 3.84. The molecule has 2 amide bonds. The minimum atomic E-state index is -0.600. The van der Waals surface area contributed by atoms with Crippen LogP contribution in [-0.2, 0) is 19.1 Å². The molecule has 18 heavy (non-hydrogen) atoms. The Kier molecular flexibility index (Phi) is 5.27. The summed E-state index contributed by atoms with van der Waals surface area (Å²) in [5.74, 6) is -0.857. The predicted molar refractivity (Wildman–Crippen MR) is 64.6 cm³/mol. The maximum absolute atomic E-state index is 12.1. The van der Waals surface area contributed by atoms with Gasteiger partial charge in [-0.3, -0.25) is 24.6 Å². The maximum Gasteiger partial charge on any atom is 0.319 e. The number of carbonyl (C=O) groups is 3. The van der Waals surface area contributed by atoms with Crippen LogP contribution in [0.4, 0.5) is 0 Å². The number of hydrogen-bond donors (Lipinski definition) is 1. The molecule has 0 aromatic rings. The third-order valence-corrected chi connectivity index (χ3v) is 3.21. The van der Waals surface area contributed by atoms with Crippen LogP contribution < -0.4 is 5.32 Å². The standard InChI is InChI=1S/C12H20N2O4/c1-4-8(5-2)14-10(15)6-9(12(14)17)13-7-11(16)18-3/h8-9,13H,4-7H2,1-3H3. The zero-order chi connectivity index (χ0) is 13.7. The molecule has 1 aliphatic heterocycles. The number of ether oxygens (including phenoxy) is 1. The number of nitrogens with one attached hydrogen (secondary N) is 1. The van der Waals surface area contributed by atoms with Crippen LogP contribution in [0.25, 0.3) is 0 Å². The lowest BCUT2D eigenvalue weighted by Crippen LogP contribution is -2.44. The van der Waals surface area contributed by atoms with Crippen molar-refractivity contribution in [2.45, 2.75) is 45.2 Å². The monoisotopic (exact) mass is 256 g/mol. The van der Waals surface area contributed by atoms with Gasteiger partial charge < -0.3 is 4.74 Å². The van der Waals surface area contributed by atoms with Gasteiger partial charge in [0.1, 0.15) is 0 Å². The SMILES string of the molecule is CCC(CC)N1C(=O)CC(NCC(=O)OC)C1=O. The average Bonchev–Trinajstić information content (AvgIpc) is 2.65. The average molecular weight is 256 g/mol. The largest absolute Gasteiger partial charge is 0.468 e. The lowest BCUT2D eigenvalue weighted by Gasteiger charge is -2.24. The van der Waals surface area contributed by atoms with Crippen molar-refractivity contribution in [2.24, 2.45) is 0 Å². The van der Waals surface area contributed by atoms with Crippen LogP contribution in [0.5, 0.6) is 0 Å². The van der Waals surface area contributed by atoms with Crippen LogP contribution in [-0.4, -0.2) is 48.4 Å². The Morgan fingerprint density at radius 2 is 2.06 bits per heavy atom. The summed E-state index contributed by atoms with van der Waals surface area (Å²) in [5.41, 5.74) is 0. The molecule has 1 unspecified atom stereocenters. The highest BCUT2D eigenvalue weighted by Gasteiger charge is 2.41. The highest BCUT2D eigenvalue weighted by molar-refractivity contribution is 6.06. The molecule has 0 bridgehead atoms. The van der Waals surface area contributed by atoms with E-state index >= 15 is 0 Å². The number of likely N-dealkylation sites (tertiary alicyclic amines) is 1. The number of carbonyl (C=O) groups excluding carboxylic acids is 3. The van der Waals surface area contributed by atoms with E-state index in [0.29, 0.717) is 0 Å². The second-order valence-electron chi connectivity index (χ2n) is 4.29. The van der Waals surface area contributed by atoms with Gasteiger partial charge in [0.2, 0.25) is 11.8 Å². The van der Waals surface area contributed by atoms with Gasteiger partial charge >= 0.3 is 5.97 Å². The lowest BCUT2D eigenvalue weighted by molar-refractivity contribution is -0.141. The normalized spacial score (nSPS) is 19.8. The fourth-order valence-electron chi connectivity index (χ4n) is 2.13. The highest BCUT2D eigenvalue weighted by atomic mass is 16.5. The van der Waals surface area contributed by atoms with Crippen molar-refractivity contribution in [3.05, 3.63) is 0 Å². The van der Waals surface area contributed by atoms with E-state index in [4.69, 9.17) is 0 Å². The molecule has 6 nitrogen and oxygen atoms in total. The van der Waals surface area contributed by atoms with E-state index in [2.05, 4.69) is 10.1 Å². The van der Waals surface area contributed by atoms with Crippen molar-refractivity contribution in [3.63, 3.8) is 0 Å². The molecule has 1 heterocycles. The molecule has 0 aromatic heterocycles. The first kappa shape index (κ1) is 14.6. The Morgan fingerprint density at radius 3 is 2.56 bits per heavy atom. The molecule has 1 N–H and O–H groups in total. The second kappa shape index (κ2) is 6.49. The van der Waals surface area contributed by atoms with Crippen LogP contribution >= 0.6 is 0 Å². The number of nitrogens with zero attached hydrogens (tertiary/aromatic N) is 1. The number of methoxy groups -OCH3 is 1.